The number of nitrogens with one attached hydrogen (secondary N) is 1. The fraction of sp³-hybridized carbons (Fsp3) is 0.125. The predicted molar refractivity (Wildman–Crippen MR) is 79.1 cm³/mol. The third-order valence-electron chi connectivity index (χ3n) is 3.04. The van der Waals surface area contributed by atoms with E-state index < -0.39 is 5.91 Å². The van der Waals surface area contributed by atoms with Crippen molar-refractivity contribution in [1.82, 2.24) is 5.32 Å². The van der Waals surface area contributed by atoms with Crippen LogP contribution in [-0.2, 0) is 6.54 Å². The van der Waals surface area contributed by atoms with Crippen LogP contribution in [0.25, 0.3) is 0 Å². The fourth-order valence-electron chi connectivity index (χ4n) is 1.81. The van der Waals surface area contributed by atoms with E-state index in [0.29, 0.717) is 23.4 Å². The molecule has 0 saturated carbocycles. The molecule has 0 bridgehead atoms. The van der Waals surface area contributed by atoms with Crippen LogP contribution in [0.1, 0.15) is 26.3 Å². The molecule has 2 aromatic carbocycles. The molecule has 0 radical (unpaired) electrons. The number of methoxy groups -OCH3 is 1. The number of ether oxygens (including phenoxy) is 1. The molecule has 3 N–H and O–H groups in total. The van der Waals surface area contributed by atoms with E-state index in [1.165, 1.54) is 0 Å². The summed E-state index contributed by atoms with van der Waals surface area (Å²) >= 11 is 0. The van der Waals surface area contributed by atoms with Crippen LogP contribution in [0.15, 0.2) is 48.5 Å². The third kappa shape index (κ3) is 3.82. The Labute approximate surface area is 122 Å². The lowest BCUT2D eigenvalue weighted by Gasteiger charge is -2.06. The molecule has 2 rings (SSSR count). The average Bonchev–Trinajstić information content (AvgIpc) is 2.53. The van der Waals surface area contributed by atoms with Crippen molar-refractivity contribution in [3.63, 3.8) is 0 Å². The molecule has 2 amide bonds. The number of rotatable bonds is 5. The van der Waals surface area contributed by atoms with E-state index in [1.54, 1.807) is 55.6 Å². The van der Waals surface area contributed by atoms with Crippen LogP contribution in [0.2, 0.25) is 0 Å². The minimum Gasteiger partial charge on any atom is -0.497 e. The molecular weight excluding hydrogens is 268 g/mol. The molecule has 5 heteroatoms. The van der Waals surface area contributed by atoms with Crippen molar-refractivity contribution in [3.05, 3.63) is 65.2 Å². The SMILES string of the molecule is COc1ccc(C(=O)NCc2ccc(C(N)=O)cc2)cc1. The van der Waals surface area contributed by atoms with E-state index in [0.717, 1.165) is 5.56 Å². The van der Waals surface area contributed by atoms with Gasteiger partial charge in [-0.05, 0) is 42.0 Å². The third-order valence-corrected chi connectivity index (χ3v) is 3.04. The number of hydrogen-bond donors (Lipinski definition) is 2. The molecule has 0 aromatic heterocycles. The Bertz CT molecular complexity index is 634. The number of primary amides is 1. The summed E-state index contributed by atoms with van der Waals surface area (Å²) in [5.41, 5.74) is 7.06. The van der Waals surface area contributed by atoms with Gasteiger partial charge in [-0.1, -0.05) is 12.1 Å². The predicted octanol–water partition coefficient (Wildman–Crippen LogP) is 1.72. The van der Waals surface area contributed by atoms with Gasteiger partial charge in [0.1, 0.15) is 5.75 Å². The summed E-state index contributed by atoms with van der Waals surface area (Å²) in [4.78, 5) is 22.9. The van der Waals surface area contributed by atoms with Crippen LogP contribution in [0, 0.1) is 0 Å². The Kier molecular flexibility index (Phi) is 4.56. The van der Waals surface area contributed by atoms with E-state index in [1.807, 2.05) is 0 Å². The molecule has 2 aromatic rings. The van der Waals surface area contributed by atoms with Crippen molar-refractivity contribution in [2.24, 2.45) is 5.73 Å². The highest BCUT2D eigenvalue weighted by atomic mass is 16.5. The molecule has 0 aliphatic rings. The molecule has 5 nitrogen and oxygen atoms in total. The minimum atomic E-state index is -0.469. The van der Waals surface area contributed by atoms with E-state index in [-0.39, 0.29) is 5.91 Å². The molecule has 21 heavy (non-hydrogen) atoms. The second-order valence-corrected chi connectivity index (χ2v) is 4.47. The number of hydrogen-bond acceptors (Lipinski definition) is 3. The summed E-state index contributed by atoms with van der Waals surface area (Å²) in [5.74, 6) is 0.0639. The van der Waals surface area contributed by atoms with Crippen LogP contribution in [-0.4, -0.2) is 18.9 Å². The fourth-order valence-corrected chi connectivity index (χ4v) is 1.81. The van der Waals surface area contributed by atoms with Gasteiger partial charge in [0, 0.05) is 17.7 Å². The molecule has 0 aliphatic carbocycles. The Balaban J connectivity index is 1.95. The minimum absolute atomic E-state index is 0.170. The van der Waals surface area contributed by atoms with Crippen LogP contribution >= 0.6 is 0 Å². The number of benzene rings is 2. The second kappa shape index (κ2) is 6.56. The lowest BCUT2D eigenvalue weighted by atomic mass is 10.1. The standard InChI is InChI=1S/C16H16N2O3/c1-21-14-8-6-13(7-9-14)16(20)18-10-11-2-4-12(5-3-11)15(17)19/h2-9H,10H2,1H3,(H2,17,19)(H,18,20). The molecular formula is C16H16N2O3. The van der Waals surface area contributed by atoms with Gasteiger partial charge in [-0.3, -0.25) is 9.59 Å². The van der Waals surface area contributed by atoms with Crippen LogP contribution in [0.3, 0.4) is 0 Å². The number of nitrogens with two attached hydrogens (primary N) is 1. The molecule has 0 heterocycles. The molecule has 0 aliphatic heterocycles. The first kappa shape index (κ1) is 14.6. The summed E-state index contributed by atoms with van der Waals surface area (Å²) in [6, 6.07) is 13.7. The summed E-state index contributed by atoms with van der Waals surface area (Å²) in [6.07, 6.45) is 0. The van der Waals surface area contributed by atoms with Crippen molar-refractivity contribution >= 4 is 11.8 Å². The van der Waals surface area contributed by atoms with E-state index in [4.69, 9.17) is 10.5 Å². The largest absolute Gasteiger partial charge is 0.497 e. The van der Waals surface area contributed by atoms with Crippen molar-refractivity contribution in [1.29, 1.82) is 0 Å². The first-order valence-corrected chi connectivity index (χ1v) is 6.41. The molecule has 0 spiro atoms. The molecule has 108 valence electrons. The highest BCUT2D eigenvalue weighted by molar-refractivity contribution is 5.94. The van der Waals surface area contributed by atoms with Crippen molar-refractivity contribution < 1.29 is 14.3 Å². The van der Waals surface area contributed by atoms with E-state index in [2.05, 4.69) is 5.32 Å². The molecule has 0 fully saturated rings. The quantitative estimate of drug-likeness (QED) is 0.877. The van der Waals surface area contributed by atoms with Crippen LogP contribution < -0.4 is 15.8 Å². The number of amides is 2. The lowest BCUT2D eigenvalue weighted by molar-refractivity contribution is 0.0949. The number of carbonyl (C=O) groups is 2. The highest BCUT2D eigenvalue weighted by Gasteiger charge is 2.06. The molecule has 0 atom stereocenters. The molecule has 0 saturated heterocycles. The monoisotopic (exact) mass is 284 g/mol. The van der Waals surface area contributed by atoms with Gasteiger partial charge in [0.15, 0.2) is 0 Å². The second-order valence-electron chi connectivity index (χ2n) is 4.47. The van der Waals surface area contributed by atoms with Gasteiger partial charge in [0.05, 0.1) is 7.11 Å². The Morgan fingerprint density at radius 2 is 1.57 bits per heavy atom. The first-order chi connectivity index (χ1) is 10.1. The first-order valence-electron chi connectivity index (χ1n) is 6.41. The van der Waals surface area contributed by atoms with E-state index >= 15 is 0 Å². The summed E-state index contributed by atoms with van der Waals surface area (Å²) in [6.45, 7) is 0.379. The lowest BCUT2D eigenvalue weighted by Crippen LogP contribution is -2.22. The van der Waals surface area contributed by atoms with Crippen molar-refractivity contribution in [2.75, 3.05) is 7.11 Å². The zero-order valence-corrected chi connectivity index (χ0v) is 11.6. The summed E-state index contributed by atoms with van der Waals surface area (Å²) < 4.78 is 5.04. The number of carbonyl (C=O) groups excluding carboxylic acids is 2. The normalized spacial score (nSPS) is 9.95. The maximum Gasteiger partial charge on any atom is 0.251 e. The van der Waals surface area contributed by atoms with Gasteiger partial charge in [0.2, 0.25) is 5.91 Å². The van der Waals surface area contributed by atoms with Gasteiger partial charge in [-0.25, -0.2) is 0 Å². The van der Waals surface area contributed by atoms with Crippen molar-refractivity contribution in [3.8, 4) is 5.75 Å². The van der Waals surface area contributed by atoms with E-state index in [9.17, 15) is 9.59 Å². The van der Waals surface area contributed by atoms with Gasteiger partial charge in [-0.15, -0.1) is 0 Å². The smallest absolute Gasteiger partial charge is 0.251 e. The zero-order chi connectivity index (χ0) is 15.2. The summed E-state index contributed by atoms with van der Waals surface area (Å²) in [5, 5.41) is 2.81. The summed E-state index contributed by atoms with van der Waals surface area (Å²) in [7, 11) is 1.57. The molecule has 0 unspecified atom stereocenters. The van der Waals surface area contributed by atoms with Gasteiger partial charge in [-0.2, -0.15) is 0 Å². The van der Waals surface area contributed by atoms with Crippen LogP contribution in [0.4, 0.5) is 0 Å². The Hall–Kier alpha value is -2.82. The topological polar surface area (TPSA) is 81.4 Å². The zero-order valence-electron chi connectivity index (χ0n) is 11.6. The van der Waals surface area contributed by atoms with Gasteiger partial charge in [0.25, 0.3) is 5.91 Å². The van der Waals surface area contributed by atoms with Gasteiger partial charge >= 0.3 is 0 Å². The van der Waals surface area contributed by atoms with Crippen molar-refractivity contribution in [2.45, 2.75) is 6.54 Å². The maximum atomic E-state index is 12.0. The average molecular weight is 284 g/mol. The van der Waals surface area contributed by atoms with Crippen LogP contribution in [0.5, 0.6) is 5.75 Å². The van der Waals surface area contributed by atoms with Gasteiger partial charge < -0.3 is 15.8 Å². The highest BCUT2D eigenvalue weighted by Crippen LogP contribution is 2.11. The Morgan fingerprint density at radius 1 is 1.00 bits per heavy atom. The maximum absolute atomic E-state index is 12.0. The Morgan fingerprint density at radius 3 is 2.10 bits per heavy atom.